The van der Waals surface area contributed by atoms with E-state index in [0.29, 0.717) is 6.54 Å². The molecule has 0 aromatic carbocycles. The van der Waals surface area contributed by atoms with Gasteiger partial charge in [0.2, 0.25) is 0 Å². The summed E-state index contributed by atoms with van der Waals surface area (Å²) in [5, 5.41) is 4.41. The molecule has 0 atom stereocenters. The first-order valence-corrected chi connectivity index (χ1v) is 4.29. The zero-order valence-corrected chi connectivity index (χ0v) is 8.04. The number of hydrogen-bond donors (Lipinski definition) is 1. The first-order chi connectivity index (χ1) is 5.54. The Labute approximate surface area is 73.6 Å². The highest BCUT2D eigenvalue weighted by atomic mass is 15.3. The van der Waals surface area contributed by atoms with Crippen molar-refractivity contribution in [2.24, 2.45) is 5.73 Å². The number of hydrogen-bond acceptors (Lipinski definition) is 2. The molecule has 1 aromatic rings. The van der Waals surface area contributed by atoms with Gasteiger partial charge in [0.15, 0.2) is 0 Å². The predicted octanol–water partition coefficient (Wildman–Crippen LogP) is 1.14. The summed E-state index contributed by atoms with van der Waals surface area (Å²) in [7, 11) is 0. The Morgan fingerprint density at radius 3 is 2.58 bits per heavy atom. The van der Waals surface area contributed by atoms with Crippen molar-refractivity contribution in [3.63, 3.8) is 0 Å². The van der Waals surface area contributed by atoms with E-state index in [1.54, 1.807) is 0 Å². The molecule has 0 amide bonds. The Kier molecular flexibility index (Phi) is 2.52. The van der Waals surface area contributed by atoms with Crippen LogP contribution < -0.4 is 5.73 Å². The Morgan fingerprint density at radius 2 is 2.17 bits per heavy atom. The van der Waals surface area contributed by atoms with Crippen LogP contribution in [0.4, 0.5) is 0 Å². The van der Waals surface area contributed by atoms with Gasteiger partial charge in [0.1, 0.15) is 0 Å². The van der Waals surface area contributed by atoms with Gasteiger partial charge in [-0.25, -0.2) is 0 Å². The molecule has 68 valence electrons. The predicted molar refractivity (Wildman–Crippen MR) is 50.0 cm³/mol. The molecule has 0 unspecified atom stereocenters. The molecule has 0 radical (unpaired) electrons. The number of nitrogens with two attached hydrogens (primary N) is 1. The van der Waals surface area contributed by atoms with Gasteiger partial charge in [0, 0.05) is 12.6 Å². The largest absolute Gasteiger partial charge is 0.330 e. The molecule has 0 aliphatic carbocycles. The van der Waals surface area contributed by atoms with E-state index in [9.17, 15) is 0 Å². The quantitative estimate of drug-likeness (QED) is 0.717. The lowest BCUT2D eigenvalue weighted by Gasteiger charge is -2.18. The van der Waals surface area contributed by atoms with Crippen LogP contribution in [0.2, 0.25) is 0 Å². The van der Waals surface area contributed by atoms with Crippen LogP contribution in [0.15, 0.2) is 12.3 Å². The van der Waals surface area contributed by atoms with Crippen LogP contribution in [0.5, 0.6) is 0 Å². The Balaban J connectivity index is 2.77. The molecule has 0 bridgehead atoms. The summed E-state index contributed by atoms with van der Waals surface area (Å²) in [6.07, 6.45) is 2.87. The smallest absolute Gasteiger partial charge is 0.0637 e. The minimum atomic E-state index is 0.0762. The summed E-state index contributed by atoms with van der Waals surface area (Å²) in [6.45, 7) is 7.06. The Bertz CT molecular complexity index is 245. The maximum absolute atomic E-state index is 5.43. The van der Waals surface area contributed by atoms with Crippen LogP contribution in [-0.2, 0) is 12.0 Å². The standard InChI is InChI=1S/C9H17N3/c1-9(2,3)12-7-5-8(11-12)4-6-10/h5,7H,4,6,10H2,1-3H3. The fourth-order valence-electron chi connectivity index (χ4n) is 1.02. The molecular weight excluding hydrogens is 150 g/mol. The van der Waals surface area contributed by atoms with Crippen molar-refractivity contribution in [1.82, 2.24) is 9.78 Å². The zero-order valence-electron chi connectivity index (χ0n) is 8.04. The summed E-state index contributed by atoms with van der Waals surface area (Å²) in [6, 6.07) is 2.03. The highest BCUT2D eigenvalue weighted by Gasteiger charge is 2.13. The minimum Gasteiger partial charge on any atom is -0.330 e. The fourth-order valence-corrected chi connectivity index (χ4v) is 1.02. The van der Waals surface area contributed by atoms with E-state index in [1.807, 2.05) is 16.9 Å². The van der Waals surface area contributed by atoms with Crippen LogP contribution in [0.1, 0.15) is 26.5 Å². The molecule has 0 fully saturated rings. The molecule has 0 spiro atoms. The van der Waals surface area contributed by atoms with Crippen molar-refractivity contribution in [1.29, 1.82) is 0 Å². The zero-order chi connectivity index (χ0) is 9.19. The van der Waals surface area contributed by atoms with Gasteiger partial charge in [0.05, 0.1) is 11.2 Å². The average Bonchev–Trinajstić information content (AvgIpc) is 2.35. The Morgan fingerprint density at radius 1 is 1.50 bits per heavy atom. The molecule has 1 aromatic heterocycles. The fraction of sp³-hybridized carbons (Fsp3) is 0.667. The van der Waals surface area contributed by atoms with Crippen molar-refractivity contribution in [2.45, 2.75) is 32.7 Å². The van der Waals surface area contributed by atoms with Crippen molar-refractivity contribution in [2.75, 3.05) is 6.54 Å². The van der Waals surface area contributed by atoms with E-state index in [-0.39, 0.29) is 5.54 Å². The van der Waals surface area contributed by atoms with Gasteiger partial charge in [-0.3, -0.25) is 4.68 Å². The van der Waals surface area contributed by atoms with E-state index in [0.717, 1.165) is 12.1 Å². The van der Waals surface area contributed by atoms with Gasteiger partial charge < -0.3 is 5.73 Å². The third-order valence-corrected chi connectivity index (χ3v) is 1.73. The van der Waals surface area contributed by atoms with Gasteiger partial charge in [-0.1, -0.05) is 0 Å². The van der Waals surface area contributed by atoms with Crippen molar-refractivity contribution in [3.8, 4) is 0 Å². The number of aromatic nitrogens is 2. The Hall–Kier alpha value is -0.830. The molecule has 0 aliphatic rings. The van der Waals surface area contributed by atoms with E-state index in [4.69, 9.17) is 5.73 Å². The third-order valence-electron chi connectivity index (χ3n) is 1.73. The highest BCUT2D eigenvalue weighted by molar-refractivity contribution is 5.00. The van der Waals surface area contributed by atoms with Crippen LogP contribution >= 0.6 is 0 Å². The molecule has 3 nitrogen and oxygen atoms in total. The maximum Gasteiger partial charge on any atom is 0.0637 e. The van der Waals surface area contributed by atoms with Gasteiger partial charge in [0.25, 0.3) is 0 Å². The monoisotopic (exact) mass is 167 g/mol. The highest BCUT2D eigenvalue weighted by Crippen LogP contribution is 2.12. The topological polar surface area (TPSA) is 43.8 Å². The lowest BCUT2D eigenvalue weighted by Crippen LogP contribution is -2.22. The van der Waals surface area contributed by atoms with Crippen LogP contribution in [0.3, 0.4) is 0 Å². The second kappa shape index (κ2) is 3.27. The molecule has 1 heterocycles. The first kappa shape index (κ1) is 9.26. The van der Waals surface area contributed by atoms with Crippen molar-refractivity contribution < 1.29 is 0 Å². The lowest BCUT2D eigenvalue weighted by molar-refractivity contribution is 0.353. The lowest BCUT2D eigenvalue weighted by atomic mass is 10.1. The third kappa shape index (κ3) is 2.08. The van der Waals surface area contributed by atoms with E-state index in [1.165, 1.54) is 0 Å². The molecule has 0 saturated heterocycles. The van der Waals surface area contributed by atoms with E-state index >= 15 is 0 Å². The van der Waals surface area contributed by atoms with Crippen LogP contribution in [0, 0.1) is 0 Å². The summed E-state index contributed by atoms with van der Waals surface area (Å²) >= 11 is 0. The number of nitrogens with zero attached hydrogens (tertiary/aromatic N) is 2. The first-order valence-electron chi connectivity index (χ1n) is 4.29. The van der Waals surface area contributed by atoms with Crippen LogP contribution in [-0.4, -0.2) is 16.3 Å². The summed E-state index contributed by atoms with van der Waals surface area (Å²) in [5.74, 6) is 0. The number of rotatable bonds is 2. The second-order valence-corrected chi connectivity index (χ2v) is 3.96. The average molecular weight is 167 g/mol. The molecule has 12 heavy (non-hydrogen) atoms. The molecule has 2 N–H and O–H groups in total. The van der Waals surface area contributed by atoms with Gasteiger partial charge >= 0.3 is 0 Å². The normalized spacial score (nSPS) is 12.0. The molecule has 3 heteroatoms. The SMILES string of the molecule is CC(C)(C)n1ccc(CCN)n1. The molecule has 0 aliphatic heterocycles. The molecule has 0 saturated carbocycles. The van der Waals surface area contributed by atoms with Crippen molar-refractivity contribution in [3.05, 3.63) is 18.0 Å². The minimum absolute atomic E-state index is 0.0762. The van der Waals surface area contributed by atoms with Gasteiger partial charge in [-0.05, 0) is 33.4 Å². The summed E-state index contributed by atoms with van der Waals surface area (Å²) < 4.78 is 1.97. The second-order valence-electron chi connectivity index (χ2n) is 3.96. The van der Waals surface area contributed by atoms with E-state index < -0.39 is 0 Å². The summed E-state index contributed by atoms with van der Waals surface area (Å²) in [4.78, 5) is 0. The van der Waals surface area contributed by atoms with Gasteiger partial charge in [-0.2, -0.15) is 5.10 Å². The van der Waals surface area contributed by atoms with Crippen molar-refractivity contribution >= 4 is 0 Å². The maximum atomic E-state index is 5.43. The van der Waals surface area contributed by atoms with E-state index in [2.05, 4.69) is 25.9 Å². The summed E-state index contributed by atoms with van der Waals surface area (Å²) in [5.41, 5.74) is 6.58. The van der Waals surface area contributed by atoms with Crippen LogP contribution in [0.25, 0.3) is 0 Å². The molecular formula is C9H17N3. The van der Waals surface area contributed by atoms with Gasteiger partial charge in [-0.15, -0.1) is 0 Å². The molecule has 1 rings (SSSR count).